The van der Waals surface area contributed by atoms with Crippen LogP contribution in [0.4, 0.5) is 13.2 Å². The molecule has 0 aliphatic carbocycles. The third-order valence-corrected chi connectivity index (χ3v) is 3.38. The summed E-state index contributed by atoms with van der Waals surface area (Å²) in [4.78, 5) is 11.2. The lowest BCUT2D eigenvalue weighted by Gasteiger charge is -2.27. The van der Waals surface area contributed by atoms with Crippen LogP contribution < -0.4 is 5.32 Å². The van der Waals surface area contributed by atoms with Crippen LogP contribution >= 0.6 is 11.8 Å². The van der Waals surface area contributed by atoms with Crippen LogP contribution in [0.2, 0.25) is 0 Å². The molecule has 0 aliphatic rings. The summed E-state index contributed by atoms with van der Waals surface area (Å²) in [6, 6.07) is 0. The van der Waals surface area contributed by atoms with Crippen molar-refractivity contribution in [3.05, 3.63) is 0 Å². The summed E-state index contributed by atoms with van der Waals surface area (Å²) in [6.07, 6.45) is -4.26. The van der Waals surface area contributed by atoms with E-state index in [1.54, 1.807) is 20.8 Å². The van der Waals surface area contributed by atoms with Gasteiger partial charge in [0, 0.05) is 6.54 Å². The molecule has 0 saturated heterocycles. The van der Waals surface area contributed by atoms with Gasteiger partial charge in [0.1, 0.15) is 0 Å². The molecular formula is C10H18F3NO2S. The average molecular weight is 273 g/mol. The number of aliphatic hydroxyl groups is 1. The topological polar surface area (TPSA) is 49.3 Å². The monoisotopic (exact) mass is 273 g/mol. The number of carbonyl (C=O) groups excluding carboxylic acids is 1. The van der Waals surface area contributed by atoms with E-state index in [1.165, 1.54) is 0 Å². The fourth-order valence-corrected chi connectivity index (χ4v) is 1.41. The second-order valence-corrected chi connectivity index (χ2v) is 5.38. The van der Waals surface area contributed by atoms with Crippen molar-refractivity contribution in [1.82, 2.24) is 5.32 Å². The Balaban J connectivity index is 3.82. The van der Waals surface area contributed by atoms with Crippen molar-refractivity contribution in [2.45, 2.75) is 32.5 Å². The fourth-order valence-electron chi connectivity index (χ4n) is 0.792. The Morgan fingerprint density at radius 2 is 1.94 bits per heavy atom. The van der Waals surface area contributed by atoms with Crippen molar-refractivity contribution in [3.8, 4) is 0 Å². The molecule has 0 aliphatic heterocycles. The molecule has 0 aromatic heterocycles. The zero-order valence-electron chi connectivity index (χ0n) is 10.1. The molecule has 7 heteroatoms. The third-order valence-electron chi connectivity index (χ3n) is 2.39. The number of rotatable bonds is 6. The highest BCUT2D eigenvalue weighted by Crippen LogP contribution is 2.20. The number of alkyl halides is 3. The Labute approximate surface area is 103 Å². The van der Waals surface area contributed by atoms with Gasteiger partial charge in [-0.2, -0.15) is 13.2 Å². The Kier molecular flexibility index (Phi) is 6.32. The summed E-state index contributed by atoms with van der Waals surface area (Å²) in [5.41, 5.74) is -1.05. The number of hydrogen-bond donors (Lipinski definition) is 2. The minimum Gasteiger partial charge on any atom is -0.388 e. The number of thioether (sulfide) groups is 1. The molecule has 0 bridgehead atoms. The second kappa shape index (κ2) is 6.49. The molecule has 0 saturated carbocycles. The van der Waals surface area contributed by atoms with Crippen LogP contribution in [-0.4, -0.2) is 40.8 Å². The van der Waals surface area contributed by atoms with Gasteiger partial charge in [-0.1, -0.05) is 13.8 Å². The van der Waals surface area contributed by atoms with E-state index in [0.717, 1.165) is 0 Å². The molecule has 0 fully saturated rings. The van der Waals surface area contributed by atoms with Crippen LogP contribution in [0.3, 0.4) is 0 Å². The minimum absolute atomic E-state index is 0.0378. The third kappa shape index (κ3) is 8.31. The van der Waals surface area contributed by atoms with E-state index < -0.39 is 23.4 Å². The molecule has 0 radical (unpaired) electrons. The predicted octanol–water partition coefficient (Wildman–Crippen LogP) is 1.81. The SMILES string of the molecule is CC(C)C(C)(O)CNC(=O)CSCC(F)(F)F. The van der Waals surface area contributed by atoms with Gasteiger partial charge in [0.15, 0.2) is 0 Å². The number of hydrogen-bond acceptors (Lipinski definition) is 3. The summed E-state index contributed by atoms with van der Waals surface area (Å²) in [5, 5.41) is 12.2. The van der Waals surface area contributed by atoms with Gasteiger partial charge in [0.25, 0.3) is 0 Å². The van der Waals surface area contributed by atoms with Gasteiger partial charge < -0.3 is 10.4 Å². The van der Waals surface area contributed by atoms with Crippen LogP contribution in [0.5, 0.6) is 0 Å². The first-order valence-electron chi connectivity index (χ1n) is 5.18. The molecule has 0 rings (SSSR count). The molecule has 0 spiro atoms. The maximum absolute atomic E-state index is 11.8. The minimum atomic E-state index is -4.26. The lowest BCUT2D eigenvalue weighted by atomic mass is 9.93. The summed E-state index contributed by atoms with van der Waals surface area (Å²) >= 11 is 0.509. The first-order valence-corrected chi connectivity index (χ1v) is 6.33. The summed E-state index contributed by atoms with van der Waals surface area (Å²) in [6.45, 7) is 5.20. The van der Waals surface area contributed by atoms with E-state index in [0.29, 0.717) is 11.8 Å². The number of nitrogens with one attached hydrogen (secondary N) is 1. The second-order valence-electron chi connectivity index (χ2n) is 4.40. The van der Waals surface area contributed by atoms with Gasteiger partial charge in [0.05, 0.1) is 17.1 Å². The summed E-state index contributed by atoms with van der Waals surface area (Å²) in [7, 11) is 0. The molecule has 1 atom stereocenters. The summed E-state index contributed by atoms with van der Waals surface area (Å²) < 4.78 is 35.4. The van der Waals surface area contributed by atoms with Gasteiger partial charge >= 0.3 is 6.18 Å². The first kappa shape index (κ1) is 16.6. The predicted molar refractivity (Wildman–Crippen MR) is 61.9 cm³/mol. The van der Waals surface area contributed by atoms with Crippen LogP contribution in [0.15, 0.2) is 0 Å². The fraction of sp³-hybridized carbons (Fsp3) is 0.900. The Morgan fingerprint density at radius 3 is 2.35 bits per heavy atom. The number of amides is 1. The highest BCUT2D eigenvalue weighted by molar-refractivity contribution is 8.00. The Morgan fingerprint density at radius 1 is 1.41 bits per heavy atom. The molecule has 1 unspecified atom stereocenters. The molecule has 1 amide bonds. The van der Waals surface area contributed by atoms with Gasteiger partial charge in [-0.25, -0.2) is 0 Å². The molecule has 0 aromatic carbocycles. The normalized spacial score (nSPS) is 15.8. The Bertz CT molecular complexity index is 254. The molecule has 0 aromatic rings. The van der Waals surface area contributed by atoms with Crippen molar-refractivity contribution in [3.63, 3.8) is 0 Å². The lowest BCUT2D eigenvalue weighted by Crippen LogP contribution is -2.44. The van der Waals surface area contributed by atoms with E-state index >= 15 is 0 Å². The van der Waals surface area contributed by atoms with Gasteiger partial charge in [-0.3, -0.25) is 4.79 Å². The van der Waals surface area contributed by atoms with Crippen molar-refractivity contribution < 1.29 is 23.1 Å². The van der Waals surface area contributed by atoms with Crippen molar-refractivity contribution in [1.29, 1.82) is 0 Å². The highest BCUT2D eigenvalue weighted by atomic mass is 32.2. The van der Waals surface area contributed by atoms with Crippen molar-refractivity contribution >= 4 is 17.7 Å². The van der Waals surface area contributed by atoms with Gasteiger partial charge in [-0.05, 0) is 12.8 Å². The molecule has 0 heterocycles. The molecule has 3 nitrogen and oxygen atoms in total. The van der Waals surface area contributed by atoms with Crippen molar-refractivity contribution in [2.75, 3.05) is 18.1 Å². The largest absolute Gasteiger partial charge is 0.397 e. The first-order chi connectivity index (χ1) is 7.54. The van der Waals surface area contributed by atoms with E-state index in [2.05, 4.69) is 5.32 Å². The van der Waals surface area contributed by atoms with E-state index in [-0.39, 0.29) is 18.2 Å². The standard InChI is InChI=1S/C10H18F3NO2S/c1-7(2)9(3,16)5-14-8(15)4-17-6-10(11,12)13/h7,16H,4-6H2,1-3H3,(H,14,15). The van der Waals surface area contributed by atoms with E-state index in [1.807, 2.05) is 0 Å². The molecular weight excluding hydrogens is 255 g/mol. The van der Waals surface area contributed by atoms with Gasteiger partial charge in [0.2, 0.25) is 5.91 Å². The quantitative estimate of drug-likeness (QED) is 0.776. The number of halogens is 3. The lowest BCUT2D eigenvalue weighted by molar-refractivity contribution is -0.120. The zero-order valence-corrected chi connectivity index (χ0v) is 10.9. The summed E-state index contributed by atoms with van der Waals surface area (Å²) in [5.74, 6) is -1.85. The van der Waals surface area contributed by atoms with E-state index in [9.17, 15) is 23.1 Å². The van der Waals surface area contributed by atoms with Crippen molar-refractivity contribution in [2.24, 2.45) is 5.92 Å². The maximum atomic E-state index is 11.8. The highest BCUT2D eigenvalue weighted by Gasteiger charge is 2.28. The van der Waals surface area contributed by atoms with Crippen LogP contribution in [0.25, 0.3) is 0 Å². The smallest absolute Gasteiger partial charge is 0.388 e. The van der Waals surface area contributed by atoms with Crippen LogP contribution in [0, 0.1) is 5.92 Å². The average Bonchev–Trinajstić information content (AvgIpc) is 2.12. The molecule has 2 N–H and O–H groups in total. The zero-order chi connectivity index (χ0) is 13.7. The Hall–Kier alpha value is -0.430. The van der Waals surface area contributed by atoms with Gasteiger partial charge in [-0.15, -0.1) is 11.8 Å². The van der Waals surface area contributed by atoms with E-state index in [4.69, 9.17) is 0 Å². The maximum Gasteiger partial charge on any atom is 0.397 e. The molecule has 102 valence electrons. The number of carbonyl (C=O) groups is 1. The molecule has 17 heavy (non-hydrogen) atoms. The van der Waals surface area contributed by atoms with Crippen LogP contribution in [-0.2, 0) is 4.79 Å². The van der Waals surface area contributed by atoms with Crippen LogP contribution in [0.1, 0.15) is 20.8 Å².